The van der Waals surface area contributed by atoms with Crippen molar-refractivity contribution in [3.05, 3.63) is 17.0 Å². The molecule has 1 unspecified atom stereocenters. The van der Waals surface area contributed by atoms with Crippen molar-refractivity contribution in [3.63, 3.8) is 0 Å². The van der Waals surface area contributed by atoms with Crippen LogP contribution in [0.2, 0.25) is 0 Å². The predicted molar refractivity (Wildman–Crippen MR) is 85.3 cm³/mol. The first-order valence-electron chi connectivity index (χ1n) is 7.34. The molecule has 1 saturated carbocycles. The molecule has 3 N–H and O–H groups in total. The Balaban J connectivity index is 1.94. The fourth-order valence-corrected chi connectivity index (χ4v) is 3.19. The van der Waals surface area contributed by atoms with Crippen LogP contribution in [0.25, 0.3) is 0 Å². The van der Waals surface area contributed by atoms with Crippen molar-refractivity contribution in [1.29, 1.82) is 0 Å². The third-order valence-corrected chi connectivity index (χ3v) is 4.94. The van der Waals surface area contributed by atoms with Crippen molar-refractivity contribution in [1.82, 2.24) is 15.3 Å². The maximum absolute atomic E-state index is 11.7. The Morgan fingerprint density at radius 3 is 2.38 bits per heavy atom. The van der Waals surface area contributed by atoms with E-state index in [2.05, 4.69) is 15.3 Å². The molecule has 0 spiro atoms. The summed E-state index contributed by atoms with van der Waals surface area (Å²) in [5.74, 6) is 0.480. The van der Waals surface area contributed by atoms with E-state index in [4.69, 9.17) is 5.73 Å². The molecule has 1 aliphatic rings. The van der Waals surface area contributed by atoms with Gasteiger partial charge in [-0.1, -0.05) is 11.8 Å². The Hall–Kier alpha value is -1.14. The van der Waals surface area contributed by atoms with Crippen LogP contribution in [0.4, 0.5) is 0 Å². The number of carbonyl (C=O) groups is 1. The molecule has 1 heterocycles. The minimum absolute atomic E-state index is 0.285. The summed E-state index contributed by atoms with van der Waals surface area (Å²) in [6.07, 6.45) is 2.95. The lowest BCUT2D eigenvalue weighted by atomic mass is 9.98. The molecule has 1 aromatic rings. The van der Waals surface area contributed by atoms with Gasteiger partial charge >= 0.3 is 0 Å². The van der Waals surface area contributed by atoms with E-state index in [1.807, 2.05) is 27.7 Å². The third-order valence-electron chi connectivity index (χ3n) is 4.09. The maximum atomic E-state index is 11.7. The van der Waals surface area contributed by atoms with Gasteiger partial charge in [-0.3, -0.25) is 4.79 Å². The Morgan fingerprint density at radius 1 is 1.33 bits per heavy atom. The summed E-state index contributed by atoms with van der Waals surface area (Å²) in [4.78, 5) is 20.7. The van der Waals surface area contributed by atoms with Crippen LogP contribution >= 0.6 is 11.8 Å². The average molecular weight is 308 g/mol. The van der Waals surface area contributed by atoms with Gasteiger partial charge in [0.2, 0.25) is 5.91 Å². The first-order chi connectivity index (χ1) is 9.82. The number of aryl methyl sites for hydroxylation is 2. The number of nitrogens with two attached hydrogens (primary N) is 1. The van der Waals surface area contributed by atoms with Gasteiger partial charge in [-0.05, 0) is 52.5 Å². The summed E-state index contributed by atoms with van der Waals surface area (Å²) in [6.45, 7) is 7.91. The topological polar surface area (TPSA) is 80.9 Å². The Labute approximate surface area is 130 Å². The molecule has 0 bridgehead atoms. The quantitative estimate of drug-likeness (QED) is 0.594. The average Bonchev–Trinajstić information content (AvgIpc) is 3.19. The predicted octanol–water partition coefficient (Wildman–Crippen LogP) is 1.88. The molecule has 1 atom stereocenters. The van der Waals surface area contributed by atoms with E-state index in [0.29, 0.717) is 12.5 Å². The summed E-state index contributed by atoms with van der Waals surface area (Å²) in [6, 6.07) is 0.451. The minimum Gasteiger partial charge on any atom is -0.368 e. The summed E-state index contributed by atoms with van der Waals surface area (Å²) in [5, 5.41) is 4.13. The highest BCUT2D eigenvalue weighted by Gasteiger charge is 2.36. The van der Waals surface area contributed by atoms with Crippen molar-refractivity contribution in [2.24, 2.45) is 5.73 Å². The largest absolute Gasteiger partial charge is 0.368 e. The maximum Gasteiger partial charge on any atom is 0.237 e. The van der Waals surface area contributed by atoms with Crippen molar-refractivity contribution in [2.45, 2.75) is 63.7 Å². The van der Waals surface area contributed by atoms with Gasteiger partial charge in [0.1, 0.15) is 0 Å². The highest BCUT2D eigenvalue weighted by Crippen LogP contribution is 2.26. The number of amides is 1. The summed E-state index contributed by atoms with van der Waals surface area (Å²) >= 11 is 1.58. The summed E-state index contributed by atoms with van der Waals surface area (Å²) < 4.78 is 0. The zero-order valence-electron chi connectivity index (χ0n) is 13.2. The van der Waals surface area contributed by atoms with Gasteiger partial charge in [0.25, 0.3) is 0 Å². The van der Waals surface area contributed by atoms with Crippen LogP contribution in [0.15, 0.2) is 5.16 Å². The molecule has 116 valence electrons. The molecule has 0 radical (unpaired) electrons. The lowest BCUT2D eigenvalue weighted by molar-refractivity contribution is -0.124. The molecule has 2 rings (SSSR count). The van der Waals surface area contributed by atoms with Gasteiger partial charge in [-0.15, -0.1) is 0 Å². The van der Waals surface area contributed by atoms with E-state index in [-0.39, 0.29) is 5.91 Å². The van der Waals surface area contributed by atoms with Crippen molar-refractivity contribution < 1.29 is 4.79 Å². The van der Waals surface area contributed by atoms with Gasteiger partial charge in [-0.25, -0.2) is 9.97 Å². The Kier molecular flexibility index (Phi) is 4.88. The first-order valence-corrected chi connectivity index (χ1v) is 8.32. The van der Waals surface area contributed by atoms with Crippen molar-refractivity contribution >= 4 is 17.7 Å². The van der Waals surface area contributed by atoms with Crippen LogP contribution in [0, 0.1) is 20.8 Å². The van der Waals surface area contributed by atoms with Crippen LogP contribution in [-0.4, -0.2) is 33.2 Å². The van der Waals surface area contributed by atoms with Crippen LogP contribution in [-0.2, 0) is 4.79 Å². The molecule has 5 nitrogen and oxygen atoms in total. The number of nitrogens with zero attached hydrogens (tertiary/aromatic N) is 2. The van der Waals surface area contributed by atoms with Crippen LogP contribution < -0.4 is 11.1 Å². The van der Waals surface area contributed by atoms with Crippen LogP contribution in [0.1, 0.15) is 43.1 Å². The van der Waals surface area contributed by atoms with Crippen LogP contribution in [0.3, 0.4) is 0 Å². The molecular weight excluding hydrogens is 284 g/mol. The van der Waals surface area contributed by atoms with E-state index >= 15 is 0 Å². The van der Waals surface area contributed by atoms with Gasteiger partial charge in [0.05, 0.1) is 5.54 Å². The van der Waals surface area contributed by atoms with E-state index in [9.17, 15) is 4.79 Å². The molecule has 0 saturated heterocycles. The van der Waals surface area contributed by atoms with E-state index in [1.165, 1.54) is 0 Å². The SMILES string of the molecule is Cc1nc(SCCC(C)(NC2CC2)C(N)=O)nc(C)c1C. The number of aromatic nitrogens is 2. The second kappa shape index (κ2) is 6.32. The smallest absolute Gasteiger partial charge is 0.237 e. The molecule has 1 aromatic heterocycles. The molecule has 1 amide bonds. The van der Waals surface area contributed by atoms with E-state index in [0.717, 1.165) is 40.7 Å². The standard InChI is InChI=1S/C15H24N4OS/c1-9-10(2)17-14(18-11(9)3)21-8-7-15(4,13(16)20)19-12-5-6-12/h12,19H,5-8H2,1-4H3,(H2,16,20). The number of rotatable bonds is 7. The molecule has 6 heteroatoms. The van der Waals surface area contributed by atoms with Crippen LogP contribution in [0.5, 0.6) is 0 Å². The Morgan fingerprint density at radius 2 is 1.90 bits per heavy atom. The Bertz CT molecular complexity index is 521. The number of thioether (sulfide) groups is 1. The molecule has 1 fully saturated rings. The second-order valence-corrected chi connectivity index (χ2v) is 7.08. The van der Waals surface area contributed by atoms with Crippen molar-refractivity contribution in [2.75, 3.05) is 5.75 Å². The fourth-order valence-electron chi connectivity index (χ4n) is 2.10. The number of carbonyl (C=O) groups excluding carboxylic acids is 1. The van der Waals surface area contributed by atoms with Gasteiger partial charge in [-0.2, -0.15) is 0 Å². The van der Waals surface area contributed by atoms with Gasteiger partial charge in [0.15, 0.2) is 5.16 Å². The van der Waals surface area contributed by atoms with E-state index < -0.39 is 5.54 Å². The summed E-state index contributed by atoms with van der Waals surface area (Å²) in [5.41, 5.74) is 8.08. The molecule has 1 aliphatic carbocycles. The number of hydrogen-bond acceptors (Lipinski definition) is 5. The molecule has 0 aromatic carbocycles. The van der Waals surface area contributed by atoms with E-state index in [1.54, 1.807) is 11.8 Å². The zero-order chi connectivity index (χ0) is 15.6. The number of nitrogens with one attached hydrogen (secondary N) is 1. The third kappa shape index (κ3) is 4.17. The highest BCUT2D eigenvalue weighted by molar-refractivity contribution is 7.99. The lowest BCUT2D eigenvalue weighted by Gasteiger charge is -2.27. The normalized spacial score (nSPS) is 17.5. The lowest BCUT2D eigenvalue weighted by Crippen LogP contribution is -2.54. The zero-order valence-corrected chi connectivity index (χ0v) is 14.0. The van der Waals surface area contributed by atoms with Crippen molar-refractivity contribution in [3.8, 4) is 0 Å². The first kappa shape index (κ1) is 16.2. The summed E-state index contributed by atoms with van der Waals surface area (Å²) in [7, 11) is 0. The van der Waals surface area contributed by atoms with Gasteiger partial charge in [0, 0.05) is 23.2 Å². The fraction of sp³-hybridized carbons (Fsp3) is 0.667. The highest BCUT2D eigenvalue weighted by atomic mass is 32.2. The number of primary amides is 1. The van der Waals surface area contributed by atoms with Gasteiger partial charge < -0.3 is 11.1 Å². The molecular formula is C15H24N4OS. The molecule has 0 aliphatic heterocycles. The second-order valence-electron chi connectivity index (χ2n) is 6.02. The molecule has 21 heavy (non-hydrogen) atoms. The minimum atomic E-state index is -0.636. The monoisotopic (exact) mass is 308 g/mol. The number of hydrogen-bond donors (Lipinski definition) is 2.